The Balaban J connectivity index is 2.34. The predicted molar refractivity (Wildman–Crippen MR) is 83.8 cm³/mol. The molecular formula is C14H14ClF3N2O4S. The van der Waals surface area contributed by atoms with Gasteiger partial charge in [-0.05, 0) is 24.6 Å². The van der Waals surface area contributed by atoms with Crippen molar-refractivity contribution in [3.05, 3.63) is 28.3 Å². The summed E-state index contributed by atoms with van der Waals surface area (Å²) in [6, 6.07) is 4.52. The molecule has 1 aromatic carbocycles. The molecular weight excluding hydrogens is 385 g/mol. The van der Waals surface area contributed by atoms with Crippen LogP contribution in [0.4, 0.5) is 18.9 Å². The minimum Gasteiger partial charge on any atom is -0.342 e. The molecule has 6 nitrogen and oxygen atoms in total. The zero-order valence-electron chi connectivity index (χ0n) is 13.2. The van der Waals surface area contributed by atoms with Gasteiger partial charge in [0.25, 0.3) is 10.1 Å². The lowest BCUT2D eigenvalue weighted by molar-refractivity contribution is -0.215. The van der Waals surface area contributed by atoms with E-state index in [1.165, 1.54) is 19.1 Å². The molecule has 11 heteroatoms. The SMILES string of the molecule is Cc1c(N2C[C@@H](COS(C)(=O)=O)O[C@@H]2C(F)(F)F)ccc(C#N)c1Cl. The number of rotatable bonds is 4. The summed E-state index contributed by atoms with van der Waals surface area (Å²) in [6.07, 6.45) is -7.29. The van der Waals surface area contributed by atoms with Crippen molar-refractivity contribution in [2.45, 2.75) is 25.4 Å². The number of hydrogen-bond donors (Lipinski definition) is 0. The van der Waals surface area contributed by atoms with Crippen molar-refractivity contribution in [1.29, 1.82) is 5.26 Å². The zero-order chi connectivity index (χ0) is 19.0. The average molecular weight is 399 g/mol. The summed E-state index contributed by atoms with van der Waals surface area (Å²) in [5, 5.41) is 9.00. The highest BCUT2D eigenvalue weighted by Crippen LogP contribution is 2.38. The van der Waals surface area contributed by atoms with E-state index in [0.717, 1.165) is 11.2 Å². The van der Waals surface area contributed by atoms with Crippen LogP contribution < -0.4 is 4.90 Å². The molecule has 1 aromatic rings. The van der Waals surface area contributed by atoms with E-state index in [1.807, 2.05) is 6.07 Å². The van der Waals surface area contributed by atoms with Crippen LogP contribution in [0.2, 0.25) is 5.02 Å². The Morgan fingerprint density at radius 3 is 2.64 bits per heavy atom. The number of anilines is 1. The highest BCUT2D eigenvalue weighted by molar-refractivity contribution is 7.85. The highest BCUT2D eigenvalue weighted by Gasteiger charge is 2.51. The molecule has 0 aromatic heterocycles. The van der Waals surface area contributed by atoms with E-state index >= 15 is 0 Å². The zero-order valence-corrected chi connectivity index (χ0v) is 14.7. The maximum absolute atomic E-state index is 13.3. The molecule has 1 aliphatic rings. The number of nitriles is 1. The fraction of sp³-hybridized carbons (Fsp3) is 0.500. The molecule has 25 heavy (non-hydrogen) atoms. The molecule has 138 valence electrons. The second kappa shape index (κ2) is 6.99. The van der Waals surface area contributed by atoms with Crippen molar-refractivity contribution >= 4 is 27.4 Å². The Kier molecular flexibility index (Phi) is 5.53. The average Bonchev–Trinajstić information content (AvgIpc) is 2.91. The van der Waals surface area contributed by atoms with Crippen molar-refractivity contribution in [1.82, 2.24) is 0 Å². The molecule has 1 saturated heterocycles. The number of alkyl halides is 3. The topological polar surface area (TPSA) is 79.6 Å². The lowest BCUT2D eigenvalue weighted by atomic mass is 10.1. The first-order valence-electron chi connectivity index (χ1n) is 6.96. The highest BCUT2D eigenvalue weighted by atomic mass is 35.5. The molecule has 0 unspecified atom stereocenters. The Morgan fingerprint density at radius 1 is 1.48 bits per heavy atom. The van der Waals surface area contributed by atoms with Crippen LogP contribution in [0, 0.1) is 18.3 Å². The van der Waals surface area contributed by atoms with Gasteiger partial charge >= 0.3 is 6.18 Å². The van der Waals surface area contributed by atoms with E-state index in [9.17, 15) is 21.6 Å². The summed E-state index contributed by atoms with van der Waals surface area (Å²) in [5.41, 5.74) is 0.583. The summed E-state index contributed by atoms with van der Waals surface area (Å²) < 4.78 is 71.5. The minimum atomic E-state index is -4.72. The maximum atomic E-state index is 13.3. The Morgan fingerprint density at radius 2 is 2.12 bits per heavy atom. The van der Waals surface area contributed by atoms with E-state index in [2.05, 4.69) is 4.18 Å². The molecule has 1 fully saturated rings. The van der Waals surface area contributed by atoms with Crippen LogP contribution in [0.25, 0.3) is 0 Å². The number of hydrogen-bond acceptors (Lipinski definition) is 6. The largest absolute Gasteiger partial charge is 0.433 e. The van der Waals surface area contributed by atoms with E-state index in [-0.39, 0.29) is 22.8 Å². The second-order valence-corrected chi connectivity index (χ2v) is 7.50. The smallest absolute Gasteiger partial charge is 0.342 e. The van der Waals surface area contributed by atoms with Crippen molar-refractivity contribution in [3.63, 3.8) is 0 Å². The molecule has 0 saturated carbocycles. The first-order valence-corrected chi connectivity index (χ1v) is 9.16. The molecule has 1 aliphatic heterocycles. The van der Waals surface area contributed by atoms with Gasteiger partial charge in [-0.25, -0.2) is 0 Å². The van der Waals surface area contributed by atoms with Gasteiger partial charge in [0, 0.05) is 12.2 Å². The van der Waals surface area contributed by atoms with Crippen LogP contribution in [0.1, 0.15) is 11.1 Å². The molecule has 0 aliphatic carbocycles. The predicted octanol–water partition coefficient (Wildman–Crippen LogP) is 2.59. The van der Waals surface area contributed by atoms with Gasteiger partial charge in [0.05, 0.1) is 23.4 Å². The molecule has 0 N–H and O–H groups in total. The number of ether oxygens (including phenoxy) is 1. The van der Waals surface area contributed by atoms with Crippen LogP contribution >= 0.6 is 11.6 Å². The van der Waals surface area contributed by atoms with Crippen LogP contribution in [0.3, 0.4) is 0 Å². The Hall–Kier alpha value is -1.54. The van der Waals surface area contributed by atoms with Gasteiger partial charge in [0.15, 0.2) is 0 Å². The second-order valence-electron chi connectivity index (χ2n) is 5.48. The van der Waals surface area contributed by atoms with Crippen LogP contribution in [0.15, 0.2) is 12.1 Å². The number of halogens is 4. The number of benzene rings is 1. The minimum absolute atomic E-state index is 0.0526. The normalized spacial score (nSPS) is 21.4. The fourth-order valence-corrected chi connectivity index (χ4v) is 3.06. The van der Waals surface area contributed by atoms with Crippen LogP contribution in [0.5, 0.6) is 0 Å². The first-order chi connectivity index (χ1) is 11.4. The van der Waals surface area contributed by atoms with Gasteiger partial charge in [0.1, 0.15) is 12.2 Å². The molecule has 0 amide bonds. The molecule has 0 spiro atoms. The van der Waals surface area contributed by atoms with E-state index in [0.29, 0.717) is 5.56 Å². The van der Waals surface area contributed by atoms with E-state index < -0.39 is 35.2 Å². The summed E-state index contributed by atoms with van der Waals surface area (Å²) in [4.78, 5) is 0.929. The van der Waals surface area contributed by atoms with Gasteiger partial charge in [-0.2, -0.15) is 26.9 Å². The van der Waals surface area contributed by atoms with Crippen molar-refractivity contribution < 1.29 is 30.5 Å². The summed E-state index contributed by atoms with van der Waals surface area (Å²) in [5.74, 6) is 0. The Labute approximate surface area is 147 Å². The lowest BCUT2D eigenvalue weighted by Gasteiger charge is -2.28. The van der Waals surface area contributed by atoms with Crippen molar-refractivity contribution in [3.8, 4) is 6.07 Å². The van der Waals surface area contributed by atoms with Crippen LogP contribution in [-0.2, 0) is 19.0 Å². The lowest BCUT2D eigenvalue weighted by Crippen LogP contribution is -2.42. The monoisotopic (exact) mass is 398 g/mol. The molecule has 0 radical (unpaired) electrons. The van der Waals surface area contributed by atoms with E-state index in [4.69, 9.17) is 21.6 Å². The third-order valence-electron chi connectivity index (χ3n) is 3.54. The van der Waals surface area contributed by atoms with Gasteiger partial charge in [-0.15, -0.1) is 0 Å². The first kappa shape index (κ1) is 19.8. The van der Waals surface area contributed by atoms with Gasteiger partial charge in [-0.1, -0.05) is 11.6 Å². The maximum Gasteiger partial charge on any atom is 0.433 e. The molecule has 1 heterocycles. The number of nitrogens with zero attached hydrogens (tertiary/aromatic N) is 2. The van der Waals surface area contributed by atoms with Gasteiger partial charge < -0.3 is 9.64 Å². The van der Waals surface area contributed by atoms with Gasteiger partial charge in [-0.3, -0.25) is 4.18 Å². The summed E-state index contributed by atoms with van der Waals surface area (Å²) in [6.45, 7) is 0.708. The third-order valence-corrected chi connectivity index (χ3v) is 4.59. The third kappa shape index (κ3) is 4.55. The molecule has 2 atom stereocenters. The van der Waals surface area contributed by atoms with Crippen molar-refractivity contribution in [2.24, 2.45) is 0 Å². The fourth-order valence-electron chi connectivity index (χ4n) is 2.46. The summed E-state index contributed by atoms with van der Waals surface area (Å²) in [7, 11) is -3.81. The molecule has 0 bridgehead atoms. The van der Waals surface area contributed by atoms with Crippen LogP contribution in [-0.4, -0.2) is 46.3 Å². The van der Waals surface area contributed by atoms with Gasteiger partial charge in [0.2, 0.25) is 6.23 Å². The Bertz CT molecular complexity index is 808. The van der Waals surface area contributed by atoms with E-state index in [1.54, 1.807) is 0 Å². The quantitative estimate of drug-likeness (QED) is 0.725. The standard InChI is InChI=1S/C14H14ClF3N2O4S/c1-8-11(4-3-9(5-19)12(8)15)20-6-10(7-23-25(2,21)22)24-13(20)14(16,17)18/h3-4,10,13H,6-7H2,1-2H3/t10-,13+/m0/s1. The summed E-state index contributed by atoms with van der Waals surface area (Å²) >= 11 is 6.02. The van der Waals surface area contributed by atoms with Crippen molar-refractivity contribution in [2.75, 3.05) is 24.3 Å². The molecule has 2 rings (SSSR count).